The van der Waals surface area contributed by atoms with Gasteiger partial charge in [-0.05, 0) is 34.0 Å². The molecule has 0 unspecified atom stereocenters. The van der Waals surface area contributed by atoms with Crippen molar-refractivity contribution in [2.45, 2.75) is 13.8 Å². The molecule has 0 atom stereocenters. The standard InChI is InChI=1S/C13H18BrN3O2/c1-9(2)6-16-12(18)8-17(3)13(19)11-5-4-10(14)7-15-11/h4-5,7,9H,6,8H2,1-3H3,(H,16,18). The molecule has 1 rings (SSSR count). The highest BCUT2D eigenvalue weighted by Crippen LogP contribution is 2.08. The molecule has 0 aliphatic carbocycles. The molecule has 0 aliphatic heterocycles. The number of nitrogens with zero attached hydrogens (tertiary/aromatic N) is 2. The summed E-state index contributed by atoms with van der Waals surface area (Å²) in [7, 11) is 1.58. The van der Waals surface area contributed by atoms with Crippen molar-refractivity contribution in [1.82, 2.24) is 15.2 Å². The number of pyridine rings is 1. The van der Waals surface area contributed by atoms with E-state index >= 15 is 0 Å². The van der Waals surface area contributed by atoms with Gasteiger partial charge in [-0.25, -0.2) is 4.98 Å². The van der Waals surface area contributed by atoms with Crippen LogP contribution in [0.15, 0.2) is 22.8 Å². The van der Waals surface area contributed by atoms with E-state index in [9.17, 15) is 9.59 Å². The van der Waals surface area contributed by atoms with Crippen molar-refractivity contribution in [2.75, 3.05) is 20.1 Å². The number of carbonyl (C=O) groups excluding carboxylic acids is 2. The Kier molecular flexibility index (Phi) is 5.95. The minimum absolute atomic E-state index is 0.0310. The Morgan fingerprint density at radius 1 is 1.42 bits per heavy atom. The highest BCUT2D eigenvalue weighted by Gasteiger charge is 2.15. The molecular formula is C13H18BrN3O2. The number of rotatable bonds is 5. The van der Waals surface area contributed by atoms with Crippen LogP contribution in [0.25, 0.3) is 0 Å². The van der Waals surface area contributed by atoms with Gasteiger partial charge in [-0.3, -0.25) is 9.59 Å². The van der Waals surface area contributed by atoms with Gasteiger partial charge in [0.25, 0.3) is 5.91 Å². The quantitative estimate of drug-likeness (QED) is 0.895. The van der Waals surface area contributed by atoms with Crippen molar-refractivity contribution in [3.63, 3.8) is 0 Å². The van der Waals surface area contributed by atoms with Crippen LogP contribution in [0, 0.1) is 5.92 Å². The number of nitrogens with one attached hydrogen (secondary N) is 1. The fraction of sp³-hybridized carbons (Fsp3) is 0.462. The number of amides is 2. The van der Waals surface area contributed by atoms with Crippen molar-refractivity contribution in [1.29, 1.82) is 0 Å². The molecule has 19 heavy (non-hydrogen) atoms. The Bertz CT molecular complexity index is 446. The van der Waals surface area contributed by atoms with E-state index in [4.69, 9.17) is 0 Å². The average molecular weight is 328 g/mol. The van der Waals surface area contributed by atoms with Crippen LogP contribution >= 0.6 is 15.9 Å². The predicted molar refractivity (Wildman–Crippen MR) is 76.7 cm³/mol. The molecule has 104 valence electrons. The third-order valence-corrected chi connectivity index (χ3v) is 2.85. The molecule has 0 saturated heterocycles. The molecule has 1 aromatic heterocycles. The summed E-state index contributed by atoms with van der Waals surface area (Å²) in [6, 6.07) is 3.36. The van der Waals surface area contributed by atoms with Crippen LogP contribution in [0.4, 0.5) is 0 Å². The second kappa shape index (κ2) is 7.23. The van der Waals surface area contributed by atoms with E-state index in [2.05, 4.69) is 26.2 Å². The van der Waals surface area contributed by atoms with Gasteiger partial charge in [0, 0.05) is 24.3 Å². The van der Waals surface area contributed by atoms with Crippen LogP contribution in [0.1, 0.15) is 24.3 Å². The van der Waals surface area contributed by atoms with Gasteiger partial charge in [-0.1, -0.05) is 13.8 Å². The normalized spacial score (nSPS) is 10.4. The van der Waals surface area contributed by atoms with Gasteiger partial charge in [0.05, 0.1) is 6.54 Å². The minimum atomic E-state index is -0.271. The van der Waals surface area contributed by atoms with Crippen LogP contribution in [-0.4, -0.2) is 41.8 Å². The zero-order valence-electron chi connectivity index (χ0n) is 11.3. The average Bonchev–Trinajstić information content (AvgIpc) is 2.36. The maximum absolute atomic E-state index is 12.0. The Balaban J connectivity index is 2.53. The fourth-order valence-electron chi connectivity index (χ4n) is 1.36. The molecular weight excluding hydrogens is 310 g/mol. The fourth-order valence-corrected chi connectivity index (χ4v) is 1.59. The first kappa shape index (κ1) is 15.6. The zero-order valence-corrected chi connectivity index (χ0v) is 12.9. The van der Waals surface area contributed by atoms with Crippen molar-refractivity contribution < 1.29 is 9.59 Å². The number of hydrogen-bond acceptors (Lipinski definition) is 3. The monoisotopic (exact) mass is 327 g/mol. The minimum Gasteiger partial charge on any atom is -0.354 e. The van der Waals surface area contributed by atoms with E-state index in [1.807, 2.05) is 13.8 Å². The summed E-state index contributed by atoms with van der Waals surface area (Å²) in [5, 5.41) is 2.77. The zero-order chi connectivity index (χ0) is 14.4. The Morgan fingerprint density at radius 3 is 2.63 bits per heavy atom. The molecule has 0 radical (unpaired) electrons. The van der Waals surface area contributed by atoms with Crippen LogP contribution in [-0.2, 0) is 4.79 Å². The van der Waals surface area contributed by atoms with E-state index in [0.717, 1.165) is 4.47 Å². The largest absolute Gasteiger partial charge is 0.354 e. The molecule has 0 fully saturated rings. The van der Waals surface area contributed by atoms with Crippen LogP contribution < -0.4 is 5.32 Å². The van der Waals surface area contributed by atoms with Gasteiger partial charge in [-0.2, -0.15) is 0 Å². The smallest absolute Gasteiger partial charge is 0.272 e. The first-order chi connectivity index (χ1) is 8.90. The van der Waals surface area contributed by atoms with E-state index in [1.54, 1.807) is 25.4 Å². The number of likely N-dealkylation sites (N-methyl/N-ethyl adjacent to an activating group) is 1. The molecule has 0 aliphatic rings. The molecule has 6 heteroatoms. The maximum Gasteiger partial charge on any atom is 0.272 e. The van der Waals surface area contributed by atoms with Gasteiger partial charge in [0.15, 0.2) is 0 Å². The van der Waals surface area contributed by atoms with E-state index in [0.29, 0.717) is 18.2 Å². The molecule has 1 aromatic rings. The van der Waals surface area contributed by atoms with Gasteiger partial charge in [0.2, 0.25) is 5.91 Å². The molecule has 2 amide bonds. The third-order valence-electron chi connectivity index (χ3n) is 2.38. The molecule has 1 heterocycles. The molecule has 1 N–H and O–H groups in total. The van der Waals surface area contributed by atoms with Gasteiger partial charge in [-0.15, -0.1) is 0 Å². The van der Waals surface area contributed by atoms with Crippen molar-refractivity contribution >= 4 is 27.7 Å². The molecule has 0 saturated carbocycles. The van der Waals surface area contributed by atoms with E-state index in [1.165, 1.54) is 4.90 Å². The highest BCUT2D eigenvalue weighted by molar-refractivity contribution is 9.10. The molecule has 5 nitrogen and oxygen atoms in total. The first-order valence-corrected chi connectivity index (χ1v) is 6.83. The van der Waals surface area contributed by atoms with Crippen molar-refractivity contribution in [3.8, 4) is 0 Å². The summed E-state index contributed by atoms with van der Waals surface area (Å²) in [5.74, 6) is -0.0491. The number of hydrogen-bond donors (Lipinski definition) is 1. The lowest BCUT2D eigenvalue weighted by molar-refractivity contribution is -0.121. The van der Waals surface area contributed by atoms with Crippen molar-refractivity contribution in [2.24, 2.45) is 5.92 Å². The summed E-state index contributed by atoms with van der Waals surface area (Å²) in [5.41, 5.74) is 0.322. The first-order valence-electron chi connectivity index (χ1n) is 6.04. The summed E-state index contributed by atoms with van der Waals surface area (Å²) < 4.78 is 0.807. The summed E-state index contributed by atoms with van der Waals surface area (Å²) in [6.45, 7) is 4.67. The second-order valence-electron chi connectivity index (χ2n) is 4.72. The number of carbonyl (C=O) groups is 2. The SMILES string of the molecule is CC(C)CNC(=O)CN(C)C(=O)c1ccc(Br)cn1. The molecule has 0 aromatic carbocycles. The van der Waals surface area contributed by atoms with Gasteiger partial charge >= 0.3 is 0 Å². The van der Waals surface area contributed by atoms with Crippen LogP contribution in [0.5, 0.6) is 0 Å². The van der Waals surface area contributed by atoms with Gasteiger partial charge in [0.1, 0.15) is 5.69 Å². The summed E-state index contributed by atoms with van der Waals surface area (Å²) in [4.78, 5) is 29.0. The third kappa shape index (κ3) is 5.38. The Morgan fingerprint density at radius 2 is 2.11 bits per heavy atom. The summed E-state index contributed by atoms with van der Waals surface area (Å²) in [6.07, 6.45) is 1.56. The molecule has 0 spiro atoms. The van der Waals surface area contributed by atoms with Crippen LogP contribution in [0.3, 0.4) is 0 Å². The molecule has 0 bridgehead atoms. The maximum atomic E-state index is 12.0. The van der Waals surface area contributed by atoms with Crippen LogP contribution in [0.2, 0.25) is 0 Å². The Labute approximate surface area is 121 Å². The van der Waals surface area contributed by atoms with E-state index in [-0.39, 0.29) is 18.4 Å². The predicted octanol–water partition coefficient (Wildman–Crippen LogP) is 1.69. The lowest BCUT2D eigenvalue weighted by Crippen LogP contribution is -2.39. The lowest BCUT2D eigenvalue weighted by atomic mass is 10.2. The lowest BCUT2D eigenvalue weighted by Gasteiger charge is -2.16. The number of aromatic nitrogens is 1. The Hall–Kier alpha value is -1.43. The summed E-state index contributed by atoms with van der Waals surface area (Å²) >= 11 is 3.25. The van der Waals surface area contributed by atoms with E-state index < -0.39 is 0 Å². The highest BCUT2D eigenvalue weighted by atomic mass is 79.9. The van der Waals surface area contributed by atoms with Gasteiger partial charge < -0.3 is 10.2 Å². The second-order valence-corrected chi connectivity index (χ2v) is 5.64. The van der Waals surface area contributed by atoms with Crippen molar-refractivity contribution in [3.05, 3.63) is 28.5 Å². The number of halogens is 1. The topological polar surface area (TPSA) is 62.3 Å².